The summed E-state index contributed by atoms with van der Waals surface area (Å²) in [6, 6.07) is 14.7. The highest BCUT2D eigenvalue weighted by molar-refractivity contribution is 7.90. The lowest BCUT2D eigenvalue weighted by Crippen LogP contribution is -2.44. The van der Waals surface area contributed by atoms with Gasteiger partial charge in [0.15, 0.2) is 4.90 Å². The van der Waals surface area contributed by atoms with Crippen LogP contribution in [0, 0.1) is 17.2 Å². The number of nitrogens with zero attached hydrogens (tertiary/aromatic N) is 3. The lowest BCUT2D eigenvalue weighted by molar-refractivity contribution is 0.0981. The van der Waals surface area contributed by atoms with Gasteiger partial charge < -0.3 is 9.88 Å². The number of pyridine rings is 2. The summed E-state index contributed by atoms with van der Waals surface area (Å²) in [7, 11) is -4.42. The van der Waals surface area contributed by atoms with Crippen molar-refractivity contribution in [1.82, 2.24) is 14.7 Å². The third kappa shape index (κ3) is 4.55. The number of carbonyl (C=O) groups is 1. The van der Waals surface area contributed by atoms with Crippen LogP contribution in [-0.4, -0.2) is 36.4 Å². The fraction of sp³-hybridized carbons (Fsp3) is 0.280. The van der Waals surface area contributed by atoms with Gasteiger partial charge in [-0.15, -0.1) is 0 Å². The fourth-order valence-electron chi connectivity index (χ4n) is 4.20. The molecule has 0 spiro atoms. The summed E-state index contributed by atoms with van der Waals surface area (Å²) in [6.07, 6.45) is 2.18. The van der Waals surface area contributed by atoms with Crippen LogP contribution in [0.3, 0.4) is 0 Å². The average molecular weight is 492 g/mol. The molecule has 1 unspecified atom stereocenters. The minimum atomic E-state index is -4.42. The average Bonchev–Trinajstić information content (AvgIpc) is 3.10. The first kappa shape index (κ1) is 24.2. The maximum atomic E-state index is 13.3. The monoisotopic (exact) mass is 491 g/mol. The van der Waals surface area contributed by atoms with Crippen LogP contribution in [0.25, 0.3) is 11.3 Å². The Labute approximate surface area is 203 Å². The lowest BCUT2D eigenvalue weighted by Gasteiger charge is -2.36. The number of sulfonamides is 1. The van der Waals surface area contributed by atoms with Crippen molar-refractivity contribution >= 4 is 21.7 Å². The second-order valence-electron chi connectivity index (χ2n) is 9.05. The van der Waals surface area contributed by atoms with Crippen molar-refractivity contribution in [3.05, 3.63) is 76.2 Å². The van der Waals surface area contributed by atoms with Crippen LogP contribution in [0.2, 0.25) is 0 Å². The van der Waals surface area contributed by atoms with Gasteiger partial charge in [0, 0.05) is 23.8 Å². The van der Waals surface area contributed by atoms with E-state index in [0.29, 0.717) is 35.1 Å². The van der Waals surface area contributed by atoms with E-state index in [9.17, 15) is 23.3 Å². The standard InChI is InChI=1S/C25H25N5O4S/c1-16-11-13-30(25(16,2)3)22-19(9-10-20(28-22)18-7-4-6-17(14-18)15-26)23(31)29-35(33,34)21-8-5-12-27-24(21)32/h4-10,12,14,16H,11,13H2,1-3H3,(H,27,32)(H,29,31). The van der Waals surface area contributed by atoms with Gasteiger partial charge in [-0.3, -0.25) is 9.59 Å². The minimum Gasteiger partial charge on any atom is -0.351 e. The van der Waals surface area contributed by atoms with E-state index in [2.05, 4.69) is 31.8 Å². The molecule has 1 aliphatic rings. The van der Waals surface area contributed by atoms with Crippen LogP contribution in [0.4, 0.5) is 5.82 Å². The van der Waals surface area contributed by atoms with E-state index in [4.69, 9.17) is 4.98 Å². The smallest absolute Gasteiger partial charge is 0.269 e. The van der Waals surface area contributed by atoms with E-state index in [1.165, 1.54) is 18.3 Å². The van der Waals surface area contributed by atoms with E-state index in [-0.39, 0.29) is 11.1 Å². The Bertz CT molecular complexity index is 1500. The molecule has 9 nitrogen and oxygen atoms in total. The van der Waals surface area contributed by atoms with Gasteiger partial charge in [0.1, 0.15) is 5.82 Å². The van der Waals surface area contributed by atoms with E-state index >= 15 is 0 Å². The molecule has 35 heavy (non-hydrogen) atoms. The fourth-order valence-corrected chi connectivity index (χ4v) is 5.22. The van der Waals surface area contributed by atoms with Crippen LogP contribution in [0.5, 0.6) is 0 Å². The first-order chi connectivity index (χ1) is 16.5. The Morgan fingerprint density at radius 3 is 2.66 bits per heavy atom. The topological polar surface area (TPSA) is 136 Å². The second-order valence-corrected chi connectivity index (χ2v) is 10.7. The van der Waals surface area contributed by atoms with Crippen molar-refractivity contribution in [2.45, 2.75) is 37.6 Å². The highest BCUT2D eigenvalue weighted by atomic mass is 32.2. The van der Waals surface area contributed by atoms with E-state index in [1.807, 2.05) is 15.7 Å². The third-order valence-electron chi connectivity index (χ3n) is 6.65. The molecule has 0 bridgehead atoms. The Morgan fingerprint density at radius 2 is 2.00 bits per heavy atom. The first-order valence-electron chi connectivity index (χ1n) is 11.1. The molecule has 2 N–H and O–H groups in total. The SMILES string of the molecule is CC1CCN(c2nc(-c3cccc(C#N)c3)ccc2C(=O)NS(=O)(=O)c2ccc[nH]c2=O)C1(C)C. The molecule has 1 fully saturated rings. The predicted octanol–water partition coefficient (Wildman–Crippen LogP) is 3.05. The Balaban J connectivity index is 1.80. The molecule has 3 aromatic rings. The normalized spacial score (nSPS) is 17.1. The first-order valence-corrected chi connectivity index (χ1v) is 12.6. The van der Waals surface area contributed by atoms with Crippen LogP contribution < -0.4 is 15.2 Å². The molecule has 1 saturated heterocycles. The van der Waals surface area contributed by atoms with E-state index < -0.39 is 26.4 Å². The van der Waals surface area contributed by atoms with Crippen molar-refractivity contribution < 1.29 is 13.2 Å². The number of H-pyrrole nitrogens is 1. The number of amides is 1. The number of hydrogen-bond acceptors (Lipinski definition) is 7. The van der Waals surface area contributed by atoms with Gasteiger partial charge in [0.25, 0.3) is 21.5 Å². The van der Waals surface area contributed by atoms with Gasteiger partial charge in [0.2, 0.25) is 0 Å². The predicted molar refractivity (Wildman–Crippen MR) is 131 cm³/mol. The Morgan fingerprint density at radius 1 is 1.23 bits per heavy atom. The molecule has 0 saturated carbocycles. The highest BCUT2D eigenvalue weighted by Crippen LogP contribution is 2.39. The molecule has 1 aromatic carbocycles. The largest absolute Gasteiger partial charge is 0.351 e. The van der Waals surface area contributed by atoms with Crippen LogP contribution in [-0.2, 0) is 10.0 Å². The third-order valence-corrected chi connectivity index (χ3v) is 8.00. The number of carbonyl (C=O) groups excluding carboxylic acids is 1. The van der Waals surface area contributed by atoms with Crippen molar-refractivity contribution in [2.24, 2.45) is 5.92 Å². The molecule has 10 heteroatoms. The highest BCUT2D eigenvalue weighted by Gasteiger charge is 2.41. The quantitative estimate of drug-likeness (QED) is 0.560. The number of benzene rings is 1. The summed E-state index contributed by atoms with van der Waals surface area (Å²) in [4.78, 5) is 33.8. The summed E-state index contributed by atoms with van der Waals surface area (Å²) in [5, 5.41) is 9.26. The maximum absolute atomic E-state index is 13.3. The van der Waals surface area contributed by atoms with Crippen LogP contribution in [0.1, 0.15) is 43.1 Å². The Hall–Kier alpha value is -3.97. The summed E-state index contributed by atoms with van der Waals surface area (Å²) in [6.45, 7) is 6.86. The zero-order valence-electron chi connectivity index (χ0n) is 19.6. The van der Waals surface area contributed by atoms with Gasteiger partial charge >= 0.3 is 0 Å². The van der Waals surface area contributed by atoms with Gasteiger partial charge in [-0.25, -0.2) is 18.1 Å². The van der Waals surface area contributed by atoms with Crippen molar-refractivity contribution in [3.63, 3.8) is 0 Å². The molecule has 1 amide bonds. The molecule has 4 rings (SSSR count). The van der Waals surface area contributed by atoms with Crippen molar-refractivity contribution in [1.29, 1.82) is 5.26 Å². The number of nitrogens with one attached hydrogen (secondary N) is 2. The van der Waals surface area contributed by atoms with Gasteiger partial charge in [-0.1, -0.05) is 19.1 Å². The number of rotatable bonds is 5. The summed E-state index contributed by atoms with van der Waals surface area (Å²) in [5.74, 6) is -0.241. The maximum Gasteiger partial charge on any atom is 0.269 e. The Kier molecular flexibility index (Phi) is 6.21. The summed E-state index contributed by atoms with van der Waals surface area (Å²) < 4.78 is 27.6. The van der Waals surface area contributed by atoms with Gasteiger partial charge in [-0.05, 0) is 62.6 Å². The molecule has 3 heterocycles. The molecule has 0 aliphatic carbocycles. The van der Waals surface area contributed by atoms with Crippen molar-refractivity contribution in [3.8, 4) is 17.3 Å². The number of hydrogen-bond donors (Lipinski definition) is 2. The minimum absolute atomic E-state index is 0.0725. The number of aromatic nitrogens is 2. The zero-order valence-corrected chi connectivity index (χ0v) is 20.4. The summed E-state index contributed by atoms with van der Waals surface area (Å²) >= 11 is 0. The number of nitriles is 1. The number of aromatic amines is 1. The van der Waals surface area contributed by atoms with E-state index in [0.717, 1.165) is 12.5 Å². The molecule has 180 valence electrons. The second kappa shape index (κ2) is 9.00. The molecule has 2 aromatic heterocycles. The van der Waals surface area contributed by atoms with Gasteiger partial charge in [-0.2, -0.15) is 5.26 Å². The molecule has 1 aliphatic heterocycles. The zero-order chi connectivity index (χ0) is 25.4. The number of anilines is 1. The van der Waals surface area contributed by atoms with E-state index in [1.54, 1.807) is 24.3 Å². The van der Waals surface area contributed by atoms with Crippen LogP contribution >= 0.6 is 0 Å². The van der Waals surface area contributed by atoms with Gasteiger partial charge in [0.05, 0.1) is 22.9 Å². The van der Waals surface area contributed by atoms with Crippen LogP contribution in [0.15, 0.2) is 64.4 Å². The molecule has 0 radical (unpaired) electrons. The summed E-state index contributed by atoms with van der Waals surface area (Å²) in [5.41, 5.74) is 0.626. The van der Waals surface area contributed by atoms with Crippen molar-refractivity contribution in [2.75, 3.05) is 11.4 Å². The lowest BCUT2D eigenvalue weighted by atomic mass is 9.90. The molecular weight excluding hydrogens is 466 g/mol. The molecular formula is C25H25N5O4S. The molecule has 1 atom stereocenters.